The number of aromatic nitrogens is 2. The highest BCUT2D eigenvalue weighted by Gasteiger charge is 2.35. The van der Waals surface area contributed by atoms with Crippen molar-refractivity contribution in [1.82, 2.24) is 9.55 Å². The summed E-state index contributed by atoms with van der Waals surface area (Å²) in [5.74, 6) is -0.0381. The first-order valence-electron chi connectivity index (χ1n) is 5.02. The van der Waals surface area contributed by atoms with E-state index < -0.39 is 22.0 Å². The van der Waals surface area contributed by atoms with Crippen LogP contribution in [0.3, 0.4) is 0 Å². The van der Waals surface area contributed by atoms with E-state index in [1.54, 1.807) is 0 Å². The Morgan fingerprint density at radius 3 is 2.53 bits per heavy atom. The van der Waals surface area contributed by atoms with Gasteiger partial charge in [-0.25, -0.2) is 15.0 Å². The summed E-state index contributed by atoms with van der Waals surface area (Å²) >= 11 is 0. The van der Waals surface area contributed by atoms with Gasteiger partial charge in [0, 0.05) is 18.1 Å². The highest BCUT2D eigenvalue weighted by Crippen LogP contribution is 2.33. The van der Waals surface area contributed by atoms with Crippen LogP contribution in [0.5, 0.6) is 0 Å². The molecule has 0 aliphatic rings. The molecular weight excluding hydrogens is 253 g/mol. The van der Waals surface area contributed by atoms with Crippen LogP contribution in [-0.2, 0) is 17.6 Å². The van der Waals surface area contributed by atoms with Crippen LogP contribution >= 0.6 is 10.0 Å². The van der Waals surface area contributed by atoms with Crippen molar-refractivity contribution in [2.75, 3.05) is 31.1 Å². The summed E-state index contributed by atoms with van der Waals surface area (Å²) in [4.78, 5) is 3.28. The number of alkyl halides is 3. The summed E-state index contributed by atoms with van der Waals surface area (Å²) in [6.45, 7) is 0.360. The molecule has 1 rings (SSSR count). The number of rotatable bonds is 5. The van der Waals surface area contributed by atoms with Crippen LogP contribution in [-0.4, -0.2) is 40.7 Å². The average molecular weight is 270 g/mol. The van der Waals surface area contributed by atoms with E-state index in [9.17, 15) is 13.2 Å². The molecule has 0 saturated heterocycles. The minimum Gasteiger partial charge on any atom is -0.360 e. The molecular formula is C10H17F3N2OS. The third kappa shape index (κ3) is 4.99. The van der Waals surface area contributed by atoms with Gasteiger partial charge in [0.25, 0.3) is 0 Å². The number of ether oxygens (including phenoxy) is 1. The van der Waals surface area contributed by atoms with E-state index >= 15 is 0 Å². The maximum atomic E-state index is 12.4. The van der Waals surface area contributed by atoms with Crippen molar-refractivity contribution in [1.29, 1.82) is 0 Å². The van der Waals surface area contributed by atoms with Crippen molar-refractivity contribution in [2.24, 2.45) is 0 Å². The van der Waals surface area contributed by atoms with E-state index in [4.69, 9.17) is 4.74 Å². The van der Waals surface area contributed by atoms with Gasteiger partial charge in [0.1, 0.15) is 6.73 Å². The summed E-state index contributed by atoms with van der Waals surface area (Å²) < 4.78 is 43.5. The number of hydrogen-bond donors (Lipinski definition) is 0. The average Bonchev–Trinajstić information content (AvgIpc) is 2.58. The Balaban J connectivity index is 2.45. The Labute approximate surface area is 100 Å². The lowest BCUT2D eigenvalue weighted by Crippen LogP contribution is -2.17. The molecule has 0 N–H and O–H groups in total. The molecule has 0 atom stereocenters. The molecule has 0 amide bonds. The second kappa shape index (κ2) is 5.30. The normalized spacial score (nSPS) is 14.0. The Bertz CT molecular complexity index is 357. The Morgan fingerprint density at radius 2 is 2.00 bits per heavy atom. The third-order valence-electron chi connectivity index (χ3n) is 2.04. The van der Waals surface area contributed by atoms with E-state index in [1.807, 2.05) is 0 Å². The van der Waals surface area contributed by atoms with Gasteiger partial charge in [0.2, 0.25) is 5.82 Å². The second-order valence-corrected chi connectivity index (χ2v) is 9.14. The van der Waals surface area contributed by atoms with Gasteiger partial charge in [-0.15, -0.1) is 0 Å². The molecule has 1 aromatic rings. The summed E-state index contributed by atoms with van der Waals surface area (Å²) in [6.07, 6.45) is 4.37. The molecule has 0 bridgehead atoms. The Kier molecular flexibility index (Phi) is 4.48. The number of hydrogen-bond acceptors (Lipinski definition) is 2. The molecule has 1 heterocycles. The maximum Gasteiger partial charge on any atom is 0.449 e. The van der Waals surface area contributed by atoms with Crippen LogP contribution in [0.2, 0.25) is 0 Å². The van der Waals surface area contributed by atoms with Crippen LogP contribution in [0.15, 0.2) is 12.4 Å². The zero-order valence-electron chi connectivity index (χ0n) is 10.1. The number of nitrogens with zero attached hydrogens (tertiary/aromatic N) is 2. The van der Waals surface area contributed by atoms with Crippen molar-refractivity contribution >= 4 is 10.0 Å². The molecule has 7 heteroatoms. The van der Waals surface area contributed by atoms with Gasteiger partial charge in [-0.05, 0) is 18.8 Å². The summed E-state index contributed by atoms with van der Waals surface area (Å²) in [6, 6.07) is 0. The quantitative estimate of drug-likeness (QED) is 0.769. The van der Waals surface area contributed by atoms with Gasteiger partial charge in [-0.1, -0.05) is 0 Å². The molecule has 0 aliphatic carbocycles. The molecule has 3 nitrogen and oxygen atoms in total. The summed E-state index contributed by atoms with van der Waals surface area (Å²) in [5, 5.41) is 0. The zero-order chi connectivity index (χ0) is 13.1. The standard InChI is InChI=1S/C10H17F3N2OS/c1-17(2,3)7-6-16-8-15-5-4-14-9(15)10(11,12)13/h4-5H,6-8H2,1-3H3. The smallest absolute Gasteiger partial charge is 0.360 e. The lowest BCUT2D eigenvalue weighted by molar-refractivity contribution is -0.149. The first kappa shape index (κ1) is 14.4. The monoisotopic (exact) mass is 270 g/mol. The van der Waals surface area contributed by atoms with Crippen LogP contribution in [0, 0.1) is 0 Å². The lowest BCUT2D eigenvalue weighted by Gasteiger charge is -2.24. The summed E-state index contributed by atoms with van der Waals surface area (Å²) in [7, 11) is -0.676. The SMILES string of the molecule is CS(C)(C)CCOCn1ccnc1C(F)(F)F. The molecule has 0 aromatic carbocycles. The number of halogens is 3. The van der Waals surface area contributed by atoms with E-state index in [0.29, 0.717) is 6.61 Å². The molecule has 100 valence electrons. The molecule has 1 aromatic heterocycles. The zero-order valence-corrected chi connectivity index (χ0v) is 10.9. The molecule has 0 fully saturated rings. The fourth-order valence-electron chi connectivity index (χ4n) is 1.14. The Morgan fingerprint density at radius 1 is 1.35 bits per heavy atom. The molecule has 0 saturated carbocycles. The van der Waals surface area contributed by atoms with E-state index in [1.165, 1.54) is 6.20 Å². The summed E-state index contributed by atoms with van der Waals surface area (Å²) in [5.41, 5.74) is 0. The maximum absolute atomic E-state index is 12.4. The molecule has 0 radical (unpaired) electrons. The van der Waals surface area contributed by atoms with Gasteiger partial charge in [0.15, 0.2) is 0 Å². The fraction of sp³-hybridized carbons (Fsp3) is 0.700. The lowest BCUT2D eigenvalue weighted by atomic mass is 10.6. The Hall–Kier alpha value is -0.690. The highest BCUT2D eigenvalue weighted by molar-refractivity contribution is 8.32. The van der Waals surface area contributed by atoms with Crippen LogP contribution in [0.1, 0.15) is 5.82 Å². The number of imidazole rings is 1. The minimum absolute atomic E-state index is 0.107. The van der Waals surface area contributed by atoms with Gasteiger partial charge in [-0.2, -0.15) is 13.2 Å². The van der Waals surface area contributed by atoms with Crippen molar-refractivity contribution in [2.45, 2.75) is 12.9 Å². The first-order chi connectivity index (χ1) is 7.70. The topological polar surface area (TPSA) is 27.1 Å². The fourth-order valence-corrected chi connectivity index (χ4v) is 1.76. The van der Waals surface area contributed by atoms with Gasteiger partial charge in [-0.3, -0.25) is 0 Å². The van der Waals surface area contributed by atoms with Crippen LogP contribution in [0.25, 0.3) is 0 Å². The minimum atomic E-state index is -4.43. The van der Waals surface area contributed by atoms with Crippen molar-refractivity contribution in [3.8, 4) is 0 Å². The molecule has 0 unspecified atom stereocenters. The molecule has 0 spiro atoms. The van der Waals surface area contributed by atoms with Gasteiger partial charge >= 0.3 is 6.18 Å². The van der Waals surface area contributed by atoms with Crippen molar-refractivity contribution in [3.05, 3.63) is 18.2 Å². The largest absolute Gasteiger partial charge is 0.449 e. The van der Waals surface area contributed by atoms with Crippen molar-refractivity contribution < 1.29 is 17.9 Å². The molecule has 17 heavy (non-hydrogen) atoms. The van der Waals surface area contributed by atoms with Gasteiger partial charge in [0.05, 0.1) is 6.61 Å². The van der Waals surface area contributed by atoms with E-state index in [0.717, 1.165) is 16.5 Å². The van der Waals surface area contributed by atoms with Crippen LogP contribution in [0.4, 0.5) is 13.2 Å². The molecule has 0 aliphatic heterocycles. The van der Waals surface area contributed by atoms with Crippen molar-refractivity contribution in [3.63, 3.8) is 0 Å². The first-order valence-corrected chi connectivity index (χ1v) is 8.05. The predicted octanol–water partition coefficient (Wildman–Crippen LogP) is 2.57. The third-order valence-corrected chi connectivity index (χ3v) is 3.43. The second-order valence-electron chi connectivity index (χ2n) is 4.55. The van der Waals surface area contributed by atoms with Gasteiger partial charge < -0.3 is 9.30 Å². The van der Waals surface area contributed by atoms with E-state index in [2.05, 4.69) is 23.8 Å². The highest BCUT2D eigenvalue weighted by atomic mass is 32.3. The van der Waals surface area contributed by atoms with Crippen LogP contribution < -0.4 is 0 Å². The predicted molar refractivity (Wildman–Crippen MR) is 63.4 cm³/mol. The van der Waals surface area contributed by atoms with E-state index in [-0.39, 0.29) is 6.73 Å².